The van der Waals surface area contributed by atoms with E-state index in [-0.39, 0.29) is 54.1 Å². The van der Waals surface area contributed by atoms with E-state index < -0.39 is 0 Å². The molecule has 0 aliphatic carbocycles. The predicted octanol–water partition coefficient (Wildman–Crippen LogP) is -0.00950. The maximum Gasteiger partial charge on any atom is 0.0402 e. The summed E-state index contributed by atoms with van der Waals surface area (Å²) in [5.41, 5.74) is 0. The van der Waals surface area contributed by atoms with Gasteiger partial charge in [0.1, 0.15) is 0 Å². The van der Waals surface area contributed by atoms with Crippen LogP contribution < -0.4 is 0 Å². The molecule has 0 aliphatic rings. The fourth-order valence-corrected chi connectivity index (χ4v) is 0. The molecule has 6 heteroatoms. The minimum Gasteiger partial charge on any atom is -0.397 e. The summed E-state index contributed by atoms with van der Waals surface area (Å²) in [6.07, 6.45) is 0. The van der Waals surface area contributed by atoms with Gasteiger partial charge in [-0.1, -0.05) is 0 Å². The fraction of sp³-hybridized carbons (Fsp3) is 1.00. The molecule has 0 radical (unpaired) electrons. The molecule has 0 aliphatic heterocycles. The molecular weight excluding hydrogens is 296 g/mol. The van der Waals surface area contributed by atoms with Crippen LogP contribution in [0.2, 0.25) is 0 Å². The molecule has 0 aromatic rings. The minimum atomic E-state index is 0. The number of aliphatic hydroxyl groups excluding tert-OH is 5. The van der Waals surface area contributed by atoms with Gasteiger partial charge in [0.25, 0.3) is 0 Å². The molecule has 0 unspecified atom stereocenters. The van der Waals surface area contributed by atoms with Crippen LogP contribution in [0.1, 0.15) is 34.6 Å². The molecule has 0 saturated heterocycles. The molecule has 0 saturated carbocycles. The molecule has 106 valence electrons. The standard InChI is InChI=1S/5C2H6O.Mo/c5*1-2-3;/h5*3H,2H2,1H3;. The molecule has 0 aromatic carbocycles. The topological polar surface area (TPSA) is 101 Å². The molecule has 5 N–H and O–H groups in total. The second kappa shape index (κ2) is 108. The second-order valence-electron chi connectivity index (χ2n) is 1.58. The molecule has 16 heavy (non-hydrogen) atoms. The average molecular weight is 326 g/mol. The van der Waals surface area contributed by atoms with Crippen LogP contribution in [0.3, 0.4) is 0 Å². The molecule has 0 bridgehead atoms. The van der Waals surface area contributed by atoms with E-state index in [4.69, 9.17) is 25.5 Å². The van der Waals surface area contributed by atoms with E-state index in [1.165, 1.54) is 0 Å². The van der Waals surface area contributed by atoms with Crippen molar-refractivity contribution in [1.29, 1.82) is 0 Å². The molecule has 0 spiro atoms. The fourth-order valence-electron chi connectivity index (χ4n) is 0. The number of hydrogen-bond acceptors (Lipinski definition) is 5. The Kier molecular flexibility index (Phi) is 243. The van der Waals surface area contributed by atoms with Crippen LogP contribution in [0.4, 0.5) is 0 Å². The van der Waals surface area contributed by atoms with Crippen molar-refractivity contribution in [2.75, 3.05) is 33.0 Å². The summed E-state index contributed by atoms with van der Waals surface area (Å²) in [7, 11) is 0. The van der Waals surface area contributed by atoms with Crippen LogP contribution in [0, 0.1) is 0 Å². The van der Waals surface area contributed by atoms with Crippen LogP contribution >= 0.6 is 0 Å². The first-order chi connectivity index (χ1) is 7.07. The number of aliphatic hydroxyl groups is 5. The maximum absolute atomic E-state index is 7.57. The van der Waals surface area contributed by atoms with Gasteiger partial charge < -0.3 is 25.5 Å². The summed E-state index contributed by atoms with van der Waals surface area (Å²) >= 11 is 0. The van der Waals surface area contributed by atoms with Crippen molar-refractivity contribution in [2.24, 2.45) is 0 Å². The predicted molar refractivity (Wildman–Crippen MR) is 63.8 cm³/mol. The van der Waals surface area contributed by atoms with Crippen LogP contribution in [0.15, 0.2) is 0 Å². The van der Waals surface area contributed by atoms with Crippen LogP contribution in [0.25, 0.3) is 0 Å². The Bertz CT molecular complexity index is 30.8. The molecule has 0 fully saturated rings. The van der Waals surface area contributed by atoms with E-state index in [1.54, 1.807) is 34.6 Å². The third kappa shape index (κ3) is 11100. The largest absolute Gasteiger partial charge is 0.397 e. The van der Waals surface area contributed by atoms with E-state index in [1.807, 2.05) is 0 Å². The van der Waals surface area contributed by atoms with Gasteiger partial charge in [-0.2, -0.15) is 0 Å². The quantitative estimate of drug-likeness (QED) is 0.403. The van der Waals surface area contributed by atoms with Crippen molar-refractivity contribution in [3.05, 3.63) is 0 Å². The first-order valence-electron chi connectivity index (χ1n) is 5.12. The summed E-state index contributed by atoms with van der Waals surface area (Å²) in [5, 5.41) is 37.8. The molecule has 0 atom stereocenters. The third-order valence-electron chi connectivity index (χ3n) is 0. The zero-order valence-corrected chi connectivity index (χ0v) is 13.2. The van der Waals surface area contributed by atoms with Gasteiger partial charge in [0.15, 0.2) is 0 Å². The summed E-state index contributed by atoms with van der Waals surface area (Å²) in [6, 6.07) is 0. The van der Waals surface area contributed by atoms with Gasteiger partial charge in [-0.3, -0.25) is 0 Å². The van der Waals surface area contributed by atoms with E-state index in [9.17, 15) is 0 Å². The van der Waals surface area contributed by atoms with E-state index in [0.717, 1.165) is 0 Å². The first kappa shape index (κ1) is 36.0. The van der Waals surface area contributed by atoms with Crippen LogP contribution in [-0.4, -0.2) is 58.6 Å². The molecule has 0 amide bonds. The van der Waals surface area contributed by atoms with Gasteiger partial charge in [0.05, 0.1) is 0 Å². The van der Waals surface area contributed by atoms with Crippen molar-refractivity contribution in [2.45, 2.75) is 34.6 Å². The average Bonchev–Trinajstić information content (AvgIpc) is 2.09. The summed E-state index contributed by atoms with van der Waals surface area (Å²) in [6.45, 7) is 9.65. The van der Waals surface area contributed by atoms with Crippen molar-refractivity contribution >= 4 is 0 Å². The molecular formula is C10H30MoO5. The van der Waals surface area contributed by atoms with Gasteiger partial charge in [0, 0.05) is 54.1 Å². The summed E-state index contributed by atoms with van der Waals surface area (Å²) in [4.78, 5) is 0. The summed E-state index contributed by atoms with van der Waals surface area (Å²) < 4.78 is 0. The van der Waals surface area contributed by atoms with Crippen molar-refractivity contribution in [1.82, 2.24) is 0 Å². The SMILES string of the molecule is CCO.CCO.CCO.CCO.CCO.[Mo]. The Morgan fingerprint density at radius 3 is 0.438 bits per heavy atom. The molecule has 5 nitrogen and oxygen atoms in total. The molecule has 0 aromatic heterocycles. The van der Waals surface area contributed by atoms with Gasteiger partial charge in [-0.05, 0) is 34.6 Å². The molecule has 0 rings (SSSR count). The van der Waals surface area contributed by atoms with Crippen molar-refractivity contribution in [3.63, 3.8) is 0 Å². The zero-order valence-electron chi connectivity index (χ0n) is 11.2. The van der Waals surface area contributed by atoms with E-state index in [2.05, 4.69) is 0 Å². The summed E-state index contributed by atoms with van der Waals surface area (Å²) in [5.74, 6) is 0. The molecule has 0 heterocycles. The minimum absolute atomic E-state index is 0. The first-order valence-corrected chi connectivity index (χ1v) is 5.12. The monoisotopic (exact) mass is 328 g/mol. The Hall–Kier alpha value is 0.488. The zero-order chi connectivity index (χ0) is 13.5. The smallest absolute Gasteiger partial charge is 0.0402 e. The van der Waals surface area contributed by atoms with Gasteiger partial charge in [0.2, 0.25) is 0 Å². The van der Waals surface area contributed by atoms with E-state index >= 15 is 0 Å². The normalized spacial score (nSPS) is 5.62. The third-order valence-corrected chi connectivity index (χ3v) is 0. The van der Waals surface area contributed by atoms with Gasteiger partial charge >= 0.3 is 0 Å². The Labute approximate surface area is 114 Å². The van der Waals surface area contributed by atoms with Gasteiger partial charge in [-0.25, -0.2) is 0 Å². The van der Waals surface area contributed by atoms with E-state index in [0.29, 0.717) is 0 Å². The van der Waals surface area contributed by atoms with Crippen LogP contribution in [-0.2, 0) is 21.1 Å². The Balaban J connectivity index is -0.0000000192. The number of hydrogen-bond donors (Lipinski definition) is 5. The second-order valence-corrected chi connectivity index (χ2v) is 1.58. The maximum atomic E-state index is 7.57. The number of rotatable bonds is 0. The Morgan fingerprint density at radius 1 is 0.438 bits per heavy atom. The van der Waals surface area contributed by atoms with Crippen molar-refractivity contribution in [3.8, 4) is 0 Å². The Morgan fingerprint density at radius 2 is 0.438 bits per heavy atom. The van der Waals surface area contributed by atoms with Gasteiger partial charge in [-0.15, -0.1) is 0 Å². The van der Waals surface area contributed by atoms with Crippen LogP contribution in [0.5, 0.6) is 0 Å². The van der Waals surface area contributed by atoms with Crippen molar-refractivity contribution < 1.29 is 46.6 Å².